The third kappa shape index (κ3) is 4.16. The third-order valence-electron chi connectivity index (χ3n) is 3.77. The van der Waals surface area contributed by atoms with E-state index >= 15 is 0 Å². The zero-order valence-electron chi connectivity index (χ0n) is 14.2. The van der Waals surface area contributed by atoms with E-state index in [1.807, 2.05) is 50.2 Å². The largest absolute Gasteiger partial charge is 0.491 e. The van der Waals surface area contributed by atoms with E-state index in [9.17, 15) is 9.90 Å². The van der Waals surface area contributed by atoms with Crippen LogP contribution >= 0.6 is 0 Å². The number of aliphatic hydroxyl groups excluding tert-OH is 1. The lowest BCUT2D eigenvalue weighted by atomic mass is 10.1. The fourth-order valence-electron chi connectivity index (χ4n) is 2.52. The minimum Gasteiger partial charge on any atom is -0.491 e. The molecule has 0 aliphatic heterocycles. The van der Waals surface area contributed by atoms with E-state index in [1.165, 1.54) is 0 Å². The summed E-state index contributed by atoms with van der Waals surface area (Å²) in [6.45, 7) is 4.01. The van der Waals surface area contributed by atoms with Crippen LogP contribution in [0.25, 0.3) is 11.5 Å². The number of ether oxygens (including phenoxy) is 1. The lowest BCUT2D eigenvalue weighted by Gasteiger charge is -2.13. The van der Waals surface area contributed by atoms with E-state index in [4.69, 9.17) is 9.15 Å². The quantitative estimate of drug-likeness (QED) is 0.746. The fraction of sp³-hybridized carbons (Fsp3) is 0.263. The topological polar surface area (TPSA) is 77.5 Å². The number of hydrogen-bond donors (Lipinski definition) is 1. The molecule has 0 radical (unpaired) electrons. The Morgan fingerprint density at radius 1 is 1.20 bits per heavy atom. The number of rotatable bonds is 6. The standard InChI is InChI=1S/C19H20N2O4/c1-13-8-9-17(14(2)10-13)24-12-16(22)11-21-19(23)25-18(20-21)15-6-4-3-5-7-15/h3-10,16,22H,11-12H2,1-2H3. The average Bonchev–Trinajstić information content (AvgIpc) is 2.95. The molecule has 0 saturated carbocycles. The number of aromatic nitrogens is 2. The highest BCUT2D eigenvalue weighted by molar-refractivity contribution is 5.51. The van der Waals surface area contributed by atoms with Crippen LogP contribution in [-0.4, -0.2) is 27.6 Å². The number of aryl methyl sites for hydroxylation is 2. The van der Waals surface area contributed by atoms with Crippen LogP contribution in [0.1, 0.15) is 11.1 Å². The smallest absolute Gasteiger partial charge is 0.437 e. The van der Waals surface area contributed by atoms with Crippen LogP contribution in [0.3, 0.4) is 0 Å². The molecule has 1 heterocycles. The molecule has 3 rings (SSSR count). The summed E-state index contributed by atoms with van der Waals surface area (Å²) in [6.07, 6.45) is -0.882. The molecule has 1 aromatic heterocycles. The van der Waals surface area contributed by atoms with Gasteiger partial charge in [-0.05, 0) is 37.6 Å². The first-order chi connectivity index (χ1) is 12.0. The summed E-state index contributed by atoms with van der Waals surface area (Å²) in [6, 6.07) is 15.0. The zero-order valence-corrected chi connectivity index (χ0v) is 14.2. The molecule has 0 bridgehead atoms. The van der Waals surface area contributed by atoms with Gasteiger partial charge >= 0.3 is 5.76 Å². The van der Waals surface area contributed by atoms with Crippen LogP contribution in [0.2, 0.25) is 0 Å². The summed E-state index contributed by atoms with van der Waals surface area (Å²) in [7, 11) is 0. The van der Waals surface area contributed by atoms with Gasteiger partial charge in [0.15, 0.2) is 0 Å². The van der Waals surface area contributed by atoms with Crippen molar-refractivity contribution in [1.82, 2.24) is 9.78 Å². The maximum absolute atomic E-state index is 11.9. The summed E-state index contributed by atoms with van der Waals surface area (Å²) >= 11 is 0. The molecule has 1 unspecified atom stereocenters. The van der Waals surface area contributed by atoms with Crippen LogP contribution in [0, 0.1) is 13.8 Å². The molecule has 6 nitrogen and oxygen atoms in total. The van der Waals surface area contributed by atoms with Crippen molar-refractivity contribution >= 4 is 0 Å². The summed E-state index contributed by atoms with van der Waals surface area (Å²) in [4.78, 5) is 11.9. The normalized spacial score (nSPS) is 12.1. The Balaban J connectivity index is 1.64. The van der Waals surface area contributed by atoms with Gasteiger partial charge in [0.05, 0.1) is 6.54 Å². The molecule has 25 heavy (non-hydrogen) atoms. The Kier molecular flexibility index (Phi) is 5.00. The lowest BCUT2D eigenvalue weighted by molar-refractivity contribution is 0.0872. The fourth-order valence-corrected chi connectivity index (χ4v) is 2.52. The second kappa shape index (κ2) is 7.36. The lowest BCUT2D eigenvalue weighted by Crippen LogP contribution is -2.29. The highest BCUT2D eigenvalue weighted by Gasteiger charge is 2.14. The van der Waals surface area contributed by atoms with Gasteiger partial charge in [-0.3, -0.25) is 0 Å². The summed E-state index contributed by atoms with van der Waals surface area (Å²) in [5.74, 6) is 0.333. The highest BCUT2D eigenvalue weighted by Crippen LogP contribution is 2.19. The number of nitrogens with zero attached hydrogens (tertiary/aromatic N) is 2. The summed E-state index contributed by atoms with van der Waals surface area (Å²) in [5.41, 5.74) is 2.85. The van der Waals surface area contributed by atoms with Crippen molar-refractivity contribution in [3.8, 4) is 17.2 Å². The van der Waals surface area contributed by atoms with Gasteiger partial charge in [-0.1, -0.05) is 35.9 Å². The van der Waals surface area contributed by atoms with Gasteiger partial charge in [0.1, 0.15) is 18.5 Å². The minimum atomic E-state index is -0.882. The molecule has 0 spiro atoms. The monoisotopic (exact) mass is 340 g/mol. The molecule has 0 aliphatic rings. The second-order valence-corrected chi connectivity index (χ2v) is 5.96. The van der Waals surface area contributed by atoms with Crippen molar-refractivity contribution in [2.75, 3.05) is 6.61 Å². The third-order valence-corrected chi connectivity index (χ3v) is 3.77. The maximum atomic E-state index is 11.9. The van der Waals surface area contributed by atoms with Crippen molar-refractivity contribution in [2.24, 2.45) is 0 Å². The summed E-state index contributed by atoms with van der Waals surface area (Å²) < 4.78 is 11.9. The molecular weight excluding hydrogens is 320 g/mol. The van der Waals surface area contributed by atoms with Crippen LogP contribution in [0.5, 0.6) is 5.75 Å². The van der Waals surface area contributed by atoms with Gasteiger partial charge in [-0.2, -0.15) is 4.68 Å². The number of aliphatic hydroxyl groups is 1. The average molecular weight is 340 g/mol. The van der Waals surface area contributed by atoms with Gasteiger partial charge in [-0.15, -0.1) is 5.10 Å². The van der Waals surface area contributed by atoms with Crippen LogP contribution in [0.15, 0.2) is 57.7 Å². The molecule has 0 saturated heterocycles. The van der Waals surface area contributed by atoms with Crippen molar-refractivity contribution in [3.05, 3.63) is 70.2 Å². The van der Waals surface area contributed by atoms with Crippen LogP contribution < -0.4 is 10.5 Å². The highest BCUT2D eigenvalue weighted by atomic mass is 16.5. The minimum absolute atomic E-state index is 0.0000753. The van der Waals surface area contributed by atoms with E-state index in [1.54, 1.807) is 12.1 Å². The van der Waals surface area contributed by atoms with Crippen molar-refractivity contribution in [1.29, 1.82) is 0 Å². The van der Waals surface area contributed by atoms with Crippen molar-refractivity contribution < 1.29 is 14.3 Å². The number of benzene rings is 2. The molecule has 1 N–H and O–H groups in total. The van der Waals surface area contributed by atoms with E-state index in [0.717, 1.165) is 15.8 Å². The first-order valence-corrected chi connectivity index (χ1v) is 8.04. The Morgan fingerprint density at radius 3 is 2.68 bits per heavy atom. The molecular formula is C19H20N2O4. The van der Waals surface area contributed by atoms with Crippen LogP contribution in [-0.2, 0) is 6.54 Å². The summed E-state index contributed by atoms with van der Waals surface area (Å²) in [5, 5.41) is 14.3. The second-order valence-electron chi connectivity index (χ2n) is 5.96. The molecule has 6 heteroatoms. The van der Waals surface area contributed by atoms with Crippen molar-refractivity contribution in [2.45, 2.75) is 26.5 Å². The van der Waals surface area contributed by atoms with Crippen LogP contribution in [0.4, 0.5) is 0 Å². The zero-order chi connectivity index (χ0) is 17.8. The number of hydrogen-bond acceptors (Lipinski definition) is 5. The van der Waals surface area contributed by atoms with E-state index in [0.29, 0.717) is 11.3 Å². The van der Waals surface area contributed by atoms with Gasteiger partial charge in [0.2, 0.25) is 5.89 Å². The molecule has 0 aliphatic carbocycles. The van der Waals surface area contributed by atoms with Gasteiger partial charge in [-0.25, -0.2) is 4.79 Å². The Morgan fingerprint density at radius 2 is 1.96 bits per heavy atom. The van der Waals surface area contributed by atoms with Gasteiger partial charge < -0.3 is 14.3 Å². The molecule has 3 aromatic rings. The first-order valence-electron chi connectivity index (χ1n) is 8.04. The van der Waals surface area contributed by atoms with Gasteiger partial charge in [0.25, 0.3) is 0 Å². The van der Waals surface area contributed by atoms with Crippen molar-refractivity contribution in [3.63, 3.8) is 0 Å². The molecule has 1 atom stereocenters. The van der Waals surface area contributed by atoms with E-state index < -0.39 is 11.9 Å². The van der Waals surface area contributed by atoms with E-state index in [-0.39, 0.29) is 19.0 Å². The molecule has 2 aromatic carbocycles. The molecule has 0 amide bonds. The Labute approximate surface area is 145 Å². The maximum Gasteiger partial charge on any atom is 0.437 e. The SMILES string of the molecule is Cc1ccc(OCC(O)Cn2nc(-c3ccccc3)oc2=O)c(C)c1. The molecule has 0 fully saturated rings. The Bertz CT molecular complexity index is 899. The predicted molar refractivity (Wildman–Crippen MR) is 93.6 cm³/mol. The Hall–Kier alpha value is -2.86. The predicted octanol–water partition coefficient (Wildman–Crippen LogP) is 2.56. The first kappa shape index (κ1) is 17.0. The van der Waals surface area contributed by atoms with E-state index in [2.05, 4.69) is 5.10 Å². The van der Waals surface area contributed by atoms with Gasteiger partial charge in [0, 0.05) is 5.56 Å². The molecule has 130 valence electrons.